The first-order chi connectivity index (χ1) is 7.27. The number of aryl methyl sites for hydroxylation is 1. The molecular formula is C12H13NO2. The Bertz CT molecular complexity index is 499. The van der Waals surface area contributed by atoms with Gasteiger partial charge < -0.3 is 9.67 Å². The number of carbonyl (C=O) groups is 1. The zero-order valence-corrected chi connectivity index (χ0v) is 8.60. The van der Waals surface area contributed by atoms with Gasteiger partial charge in [-0.05, 0) is 13.0 Å². The quantitative estimate of drug-likeness (QED) is 0.773. The van der Waals surface area contributed by atoms with Crippen LogP contribution in [-0.4, -0.2) is 22.1 Å². The fraction of sp³-hybridized carbons (Fsp3) is 0.250. The summed E-state index contributed by atoms with van der Waals surface area (Å²) in [7, 11) is 0. The Morgan fingerprint density at radius 3 is 2.80 bits per heavy atom. The van der Waals surface area contributed by atoms with Gasteiger partial charge in [0.1, 0.15) is 6.61 Å². The van der Waals surface area contributed by atoms with Gasteiger partial charge in [-0.2, -0.15) is 0 Å². The van der Waals surface area contributed by atoms with Crippen LogP contribution in [0.1, 0.15) is 17.3 Å². The molecule has 0 saturated heterocycles. The van der Waals surface area contributed by atoms with Crippen LogP contribution in [0.15, 0.2) is 30.5 Å². The molecule has 3 heteroatoms. The predicted octanol–water partition coefficient (Wildman–Crippen LogP) is 1.84. The maximum atomic E-state index is 11.5. The first-order valence-electron chi connectivity index (χ1n) is 5.00. The molecule has 1 aromatic heterocycles. The summed E-state index contributed by atoms with van der Waals surface area (Å²) in [5.74, 6) is -0.224. The second-order valence-corrected chi connectivity index (χ2v) is 3.43. The highest BCUT2D eigenvalue weighted by atomic mass is 16.3. The van der Waals surface area contributed by atoms with Crippen molar-refractivity contribution in [3.8, 4) is 0 Å². The average Bonchev–Trinajstić information content (AvgIpc) is 2.67. The molecule has 0 atom stereocenters. The van der Waals surface area contributed by atoms with Crippen LogP contribution in [0.3, 0.4) is 0 Å². The standard InChI is InChI=1S/C12H13NO2/c1-2-13-7-10(12(15)8-14)9-5-3-4-6-11(9)13/h3-7,14H,2,8H2,1H3. The van der Waals surface area contributed by atoms with Gasteiger partial charge in [-0.3, -0.25) is 4.79 Å². The molecule has 0 aliphatic rings. The first-order valence-corrected chi connectivity index (χ1v) is 5.00. The van der Waals surface area contributed by atoms with Crippen molar-refractivity contribution in [2.75, 3.05) is 6.61 Å². The molecule has 3 nitrogen and oxygen atoms in total. The Morgan fingerprint density at radius 2 is 2.13 bits per heavy atom. The summed E-state index contributed by atoms with van der Waals surface area (Å²) in [5.41, 5.74) is 1.65. The molecule has 0 radical (unpaired) electrons. The lowest BCUT2D eigenvalue weighted by Crippen LogP contribution is -2.03. The molecular weight excluding hydrogens is 190 g/mol. The van der Waals surface area contributed by atoms with E-state index in [1.807, 2.05) is 42.0 Å². The number of hydrogen-bond donors (Lipinski definition) is 1. The van der Waals surface area contributed by atoms with Crippen molar-refractivity contribution in [1.29, 1.82) is 0 Å². The van der Waals surface area contributed by atoms with E-state index in [1.165, 1.54) is 0 Å². The smallest absolute Gasteiger partial charge is 0.190 e. The van der Waals surface area contributed by atoms with Crippen LogP contribution < -0.4 is 0 Å². The van der Waals surface area contributed by atoms with Crippen LogP contribution in [0.4, 0.5) is 0 Å². The van der Waals surface area contributed by atoms with Crippen molar-refractivity contribution in [2.45, 2.75) is 13.5 Å². The van der Waals surface area contributed by atoms with Gasteiger partial charge >= 0.3 is 0 Å². The van der Waals surface area contributed by atoms with Crippen molar-refractivity contribution < 1.29 is 9.90 Å². The van der Waals surface area contributed by atoms with Crippen molar-refractivity contribution in [1.82, 2.24) is 4.57 Å². The summed E-state index contributed by atoms with van der Waals surface area (Å²) in [5, 5.41) is 9.79. The van der Waals surface area contributed by atoms with E-state index in [-0.39, 0.29) is 5.78 Å². The molecule has 15 heavy (non-hydrogen) atoms. The highest BCUT2D eigenvalue weighted by molar-refractivity contribution is 6.08. The van der Waals surface area contributed by atoms with Crippen molar-refractivity contribution in [3.05, 3.63) is 36.0 Å². The number of para-hydroxylation sites is 1. The van der Waals surface area contributed by atoms with Gasteiger partial charge in [0.05, 0.1) is 0 Å². The van der Waals surface area contributed by atoms with Gasteiger partial charge in [0.25, 0.3) is 0 Å². The highest BCUT2D eigenvalue weighted by Gasteiger charge is 2.12. The van der Waals surface area contributed by atoms with Crippen molar-refractivity contribution >= 4 is 16.7 Å². The number of fused-ring (bicyclic) bond motifs is 1. The third-order valence-corrected chi connectivity index (χ3v) is 2.57. The number of aliphatic hydroxyl groups is 1. The minimum absolute atomic E-state index is 0.224. The number of rotatable bonds is 3. The van der Waals surface area contributed by atoms with Gasteiger partial charge in [-0.15, -0.1) is 0 Å². The molecule has 0 aliphatic heterocycles. The van der Waals surface area contributed by atoms with Gasteiger partial charge in [-0.25, -0.2) is 0 Å². The number of carbonyl (C=O) groups excluding carboxylic acids is 1. The Morgan fingerprint density at radius 1 is 1.40 bits per heavy atom. The molecule has 0 amide bonds. The van der Waals surface area contributed by atoms with E-state index in [2.05, 4.69) is 0 Å². The van der Waals surface area contributed by atoms with Crippen LogP contribution in [0.5, 0.6) is 0 Å². The number of Topliss-reactive ketones (excluding diaryl/α,β-unsaturated/α-hetero) is 1. The van der Waals surface area contributed by atoms with Gasteiger partial charge in [0.15, 0.2) is 5.78 Å². The average molecular weight is 203 g/mol. The lowest BCUT2D eigenvalue weighted by molar-refractivity contribution is 0.0905. The normalized spacial score (nSPS) is 10.8. The molecule has 0 spiro atoms. The second kappa shape index (κ2) is 3.87. The fourth-order valence-corrected chi connectivity index (χ4v) is 1.82. The summed E-state index contributed by atoms with van der Waals surface area (Å²) in [6.07, 6.45) is 1.81. The van der Waals surface area contributed by atoms with Gasteiger partial charge in [0.2, 0.25) is 0 Å². The number of aliphatic hydroxyl groups excluding tert-OH is 1. The Kier molecular flexibility index (Phi) is 2.56. The Hall–Kier alpha value is -1.61. The molecule has 1 heterocycles. The van der Waals surface area contributed by atoms with E-state index in [4.69, 9.17) is 5.11 Å². The minimum Gasteiger partial charge on any atom is -0.388 e. The van der Waals surface area contributed by atoms with Gasteiger partial charge in [-0.1, -0.05) is 18.2 Å². The third kappa shape index (κ3) is 1.55. The maximum Gasteiger partial charge on any atom is 0.190 e. The summed E-state index contributed by atoms with van der Waals surface area (Å²) in [4.78, 5) is 11.5. The number of aromatic nitrogens is 1. The van der Waals surface area contributed by atoms with E-state index in [0.717, 1.165) is 17.4 Å². The van der Waals surface area contributed by atoms with Crippen LogP contribution in [0.25, 0.3) is 10.9 Å². The van der Waals surface area contributed by atoms with Crippen molar-refractivity contribution in [2.24, 2.45) is 0 Å². The highest BCUT2D eigenvalue weighted by Crippen LogP contribution is 2.21. The number of benzene rings is 1. The number of ketones is 1. The third-order valence-electron chi connectivity index (χ3n) is 2.57. The fourth-order valence-electron chi connectivity index (χ4n) is 1.82. The first kappa shape index (κ1) is 9.93. The van der Waals surface area contributed by atoms with E-state index in [1.54, 1.807) is 0 Å². The second-order valence-electron chi connectivity index (χ2n) is 3.43. The van der Waals surface area contributed by atoms with E-state index in [9.17, 15) is 4.79 Å². The monoisotopic (exact) mass is 203 g/mol. The van der Waals surface area contributed by atoms with E-state index in [0.29, 0.717) is 5.56 Å². The topological polar surface area (TPSA) is 42.2 Å². The predicted molar refractivity (Wildman–Crippen MR) is 59.0 cm³/mol. The summed E-state index contributed by atoms with van der Waals surface area (Å²) in [6, 6.07) is 7.73. The maximum absolute atomic E-state index is 11.5. The molecule has 0 aliphatic carbocycles. The van der Waals surface area contributed by atoms with Crippen molar-refractivity contribution in [3.63, 3.8) is 0 Å². The molecule has 1 N–H and O–H groups in total. The molecule has 0 unspecified atom stereocenters. The van der Waals surface area contributed by atoms with Crippen LogP contribution >= 0.6 is 0 Å². The van der Waals surface area contributed by atoms with Crippen LogP contribution in [0, 0.1) is 0 Å². The Balaban J connectivity index is 2.70. The molecule has 2 aromatic rings. The minimum atomic E-state index is -0.433. The molecule has 0 fully saturated rings. The molecule has 0 saturated carbocycles. The molecule has 1 aromatic carbocycles. The largest absolute Gasteiger partial charge is 0.388 e. The van der Waals surface area contributed by atoms with Crippen LogP contribution in [-0.2, 0) is 6.54 Å². The lowest BCUT2D eigenvalue weighted by atomic mass is 10.1. The van der Waals surface area contributed by atoms with Crippen LogP contribution in [0.2, 0.25) is 0 Å². The van der Waals surface area contributed by atoms with E-state index < -0.39 is 6.61 Å². The summed E-state index contributed by atoms with van der Waals surface area (Å²) in [6.45, 7) is 2.41. The number of nitrogens with zero attached hydrogens (tertiary/aromatic N) is 1. The Labute approximate surface area is 87.9 Å². The van der Waals surface area contributed by atoms with E-state index >= 15 is 0 Å². The molecule has 0 bridgehead atoms. The molecule has 2 rings (SSSR count). The summed E-state index contributed by atoms with van der Waals surface area (Å²) < 4.78 is 2.01. The zero-order valence-electron chi connectivity index (χ0n) is 8.60. The lowest BCUT2D eigenvalue weighted by Gasteiger charge is -1.97. The SMILES string of the molecule is CCn1cc(C(=O)CO)c2ccccc21. The molecule has 78 valence electrons. The summed E-state index contributed by atoms with van der Waals surface area (Å²) >= 11 is 0. The van der Waals surface area contributed by atoms with Gasteiger partial charge in [0, 0.05) is 29.2 Å². The number of hydrogen-bond acceptors (Lipinski definition) is 2. The zero-order chi connectivity index (χ0) is 10.8.